The van der Waals surface area contributed by atoms with Crippen LogP contribution < -0.4 is 4.90 Å². The first kappa shape index (κ1) is 26.7. The van der Waals surface area contributed by atoms with Crippen molar-refractivity contribution in [1.29, 1.82) is 0 Å². The van der Waals surface area contributed by atoms with E-state index in [-0.39, 0.29) is 0 Å². The van der Waals surface area contributed by atoms with Gasteiger partial charge in [-0.2, -0.15) is 0 Å². The van der Waals surface area contributed by atoms with Crippen LogP contribution in [0.15, 0.2) is 188 Å². The summed E-state index contributed by atoms with van der Waals surface area (Å²) in [6, 6.07) is 67.7. The summed E-state index contributed by atoms with van der Waals surface area (Å²) in [4.78, 5) is 2.39. The molecule has 0 amide bonds. The summed E-state index contributed by atoms with van der Waals surface area (Å²) in [5.74, 6) is 0. The number of nitrogens with zero attached hydrogens (tertiary/aromatic N) is 1. The van der Waals surface area contributed by atoms with Gasteiger partial charge in [-0.25, -0.2) is 0 Å². The maximum atomic E-state index is 2.39. The fourth-order valence-corrected chi connectivity index (χ4v) is 6.59. The Bertz CT molecular complexity index is 2210. The van der Waals surface area contributed by atoms with E-state index in [0.29, 0.717) is 0 Å². The third-order valence-corrected chi connectivity index (χ3v) is 8.63. The van der Waals surface area contributed by atoms with Crippen molar-refractivity contribution in [2.45, 2.75) is 0 Å². The average Bonchev–Trinajstić information content (AvgIpc) is 3.13. The van der Waals surface area contributed by atoms with Crippen molar-refractivity contribution in [2.24, 2.45) is 0 Å². The summed E-state index contributed by atoms with van der Waals surface area (Å²) < 4.78 is 0. The van der Waals surface area contributed by atoms with Crippen LogP contribution >= 0.6 is 0 Å². The molecule has 0 aliphatic carbocycles. The summed E-state index contributed by atoms with van der Waals surface area (Å²) >= 11 is 0. The molecule has 0 aliphatic rings. The van der Waals surface area contributed by atoms with Crippen LogP contribution in [0.1, 0.15) is 0 Å². The van der Waals surface area contributed by atoms with Crippen LogP contribution in [0.2, 0.25) is 0 Å². The van der Waals surface area contributed by atoms with E-state index in [1.54, 1.807) is 0 Å². The molecule has 0 heterocycles. The molecule has 0 atom stereocenters. The van der Waals surface area contributed by atoms with Crippen molar-refractivity contribution < 1.29 is 0 Å². The fourth-order valence-electron chi connectivity index (χ4n) is 6.59. The van der Waals surface area contributed by atoms with Crippen LogP contribution in [-0.2, 0) is 0 Å². The van der Waals surface area contributed by atoms with Gasteiger partial charge < -0.3 is 4.90 Å². The van der Waals surface area contributed by atoms with Crippen LogP contribution in [0, 0.1) is 0 Å². The van der Waals surface area contributed by atoms with Crippen molar-refractivity contribution in [3.05, 3.63) is 188 Å². The molecule has 8 rings (SSSR count). The summed E-state index contributed by atoms with van der Waals surface area (Å²) in [7, 11) is 0. The van der Waals surface area contributed by atoms with E-state index in [4.69, 9.17) is 0 Å². The predicted molar refractivity (Wildman–Crippen MR) is 192 cm³/mol. The van der Waals surface area contributed by atoms with E-state index in [9.17, 15) is 0 Å². The van der Waals surface area contributed by atoms with Crippen LogP contribution in [0.5, 0.6) is 0 Å². The molecule has 1 heteroatoms. The van der Waals surface area contributed by atoms with E-state index in [2.05, 4.69) is 193 Å². The lowest BCUT2D eigenvalue weighted by molar-refractivity contribution is 1.28. The quantitative estimate of drug-likeness (QED) is 0.179. The van der Waals surface area contributed by atoms with Crippen LogP contribution in [0.25, 0.3) is 54.9 Å². The molecule has 0 radical (unpaired) electrons. The molecule has 0 aromatic heterocycles. The first-order valence-corrected chi connectivity index (χ1v) is 15.5. The molecule has 45 heavy (non-hydrogen) atoms. The highest BCUT2D eigenvalue weighted by Gasteiger charge is 2.22. The zero-order valence-corrected chi connectivity index (χ0v) is 24.8. The first-order valence-electron chi connectivity index (χ1n) is 15.5. The maximum absolute atomic E-state index is 2.39. The molecule has 0 unspecified atom stereocenters. The van der Waals surface area contributed by atoms with Gasteiger partial charge in [-0.3, -0.25) is 0 Å². The van der Waals surface area contributed by atoms with Gasteiger partial charge >= 0.3 is 0 Å². The molecule has 212 valence electrons. The molecule has 1 nitrogen and oxygen atoms in total. The second-order valence-corrected chi connectivity index (χ2v) is 11.3. The minimum Gasteiger partial charge on any atom is -0.310 e. The molecule has 0 fully saturated rings. The van der Waals surface area contributed by atoms with Gasteiger partial charge in [0.15, 0.2) is 0 Å². The zero-order chi connectivity index (χ0) is 30.0. The standard InChI is InChI=1S/C44H31N/c1-4-16-32(17-5-1)33-19-14-20-34(30-33)39-28-15-29-43(45(36-21-6-2-7-22-36)37-23-8-3-9-24-37)44(39)42-31-35-18-10-11-25-38(35)40-26-12-13-27-41(40)42/h1-31H. The summed E-state index contributed by atoms with van der Waals surface area (Å²) in [5.41, 5.74) is 10.6. The molecule has 0 aliphatic heterocycles. The number of fused-ring (bicyclic) bond motifs is 3. The van der Waals surface area contributed by atoms with E-state index < -0.39 is 0 Å². The van der Waals surface area contributed by atoms with E-state index in [0.717, 1.165) is 17.1 Å². The highest BCUT2D eigenvalue weighted by atomic mass is 15.1. The maximum Gasteiger partial charge on any atom is 0.0546 e. The van der Waals surface area contributed by atoms with Gasteiger partial charge in [-0.15, -0.1) is 0 Å². The third-order valence-electron chi connectivity index (χ3n) is 8.63. The molecule has 0 bridgehead atoms. The summed E-state index contributed by atoms with van der Waals surface area (Å²) in [6.07, 6.45) is 0. The van der Waals surface area contributed by atoms with Gasteiger partial charge in [0, 0.05) is 16.9 Å². The number of para-hydroxylation sites is 2. The minimum absolute atomic E-state index is 1.12. The predicted octanol–water partition coefficient (Wildman–Crippen LogP) is 12.5. The largest absolute Gasteiger partial charge is 0.310 e. The molecule has 0 saturated carbocycles. The number of anilines is 3. The van der Waals surface area contributed by atoms with Crippen molar-refractivity contribution in [2.75, 3.05) is 4.90 Å². The van der Waals surface area contributed by atoms with Crippen LogP contribution in [0.4, 0.5) is 17.1 Å². The Hall–Kier alpha value is -5.92. The van der Waals surface area contributed by atoms with Gasteiger partial charge in [0.2, 0.25) is 0 Å². The Balaban J connectivity index is 1.48. The number of rotatable bonds is 6. The van der Waals surface area contributed by atoms with Gasteiger partial charge in [0.1, 0.15) is 0 Å². The van der Waals surface area contributed by atoms with Crippen molar-refractivity contribution in [3.63, 3.8) is 0 Å². The second kappa shape index (κ2) is 11.6. The monoisotopic (exact) mass is 573 g/mol. The Morgan fingerprint density at radius 2 is 0.844 bits per heavy atom. The second-order valence-electron chi connectivity index (χ2n) is 11.3. The highest BCUT2D eigenvalue weighted by molar-refractivity contribution is 6.16. The van der Waals surface area contributed by atoms with Gasteiger partial charge in [-0.05, 0) is 91.8 Å². The van der Waals surface area contributed by atoms with Crippen molar-refractivity contribution in [3.8, 4) is 33.4 Å². The van der Waals surface area contributed by atoms with Gasteiger partial charge in [0.25, 0.3) is 0 Å². The van der Waals surface area contributed by atoms with E-state index in [1.165, 1.54) is 54.9 Å². The van der Waals surface area contributed by atoms with Crippen molar-refractivity contribution >= 4 is 38.6 Å². The number of benzene rings is 8. The fraction of sp³-hybridized carbons (Fsp3) is 0. The Labute approximate surface area is 264 Å². The normalized spacial score (nSPS) is 11.1. The number of hydrogen-bond donors (Lipinski definition) is 0. The zero-order valence-electron chi connectivity index (χ0n) is 24.8. The Morgan fingerprint density at radius 1 is 0.311 bits per heavy atom. The van der Waals surface area contributed by atoms with Gasteiger partial charge in [0.05, 0.1) is 5.69 Å². The van der Waals surface area contributed by atoms with Crippen LogP contribution in [-0.4, -0.2) is 0 Å². The lowest BCUT2D eigenvalue weighted by Crippen LogP contribution is -2.11. The van der Waals surface area contributed by atoms with E-state index >= 15 is 0 Å². The lowest BCUT2D eigenvalue weighted by Gasteiger charge is -2.29. The molecular formula is C44H31N. The first-order chi connectivity index (χ1) is 22.3. The Kier molecular flexibility index (Phi) is 6.90. The lowest BCUT2D eigenvalue weighted by atomic mass is 9.86. The highest BCUT2D eigenvalue weighted by Crippen LogP contribution is 2.48. The van der Waals surface area contributed by atoms with E-state index in [1.807, 2.05) is 0 Å². The Morgan fingerprint density at radius 3 is 1.56 bits per heavy atom. The topological polar surface area (TPSA) is 3.24 Å². The smallest absolute Gasteiger partial charge is 0.0546 e. The number of hydrogen-bond acceptors (Lipinski definition) is 1. The summed E-state index contributed by atoms with van der Waals surface area (Å²) in [5, 5.41) is 5.00. The SMILES string of the molecule is c1ccc(-c2cccc(-c3cccc(N(c4ccccc4)c4ccccc4)c3-c3cc4ccccc4c4ccccc34)c2)cc1. The molecule has 0 N–H and O–H groups in total. The molecule has 0 spiro atoms. The van der Waals surface area contributed by atoms with Crippen molar-refractivity contribution in [1.82, 2.24) is 0 Å². The summed E-state index contributed by atoms with van der Waals surface area (Å²) in [6.45, 7) is 0. The molecule has 8 aromatic rings. The minimum atomic E-state index is 1.12. The molecule has 8 aromatic carbocycles. The molecular weight excluding hydrogens is 542 g/mol. The molecule has 0 saturated heterocycles. The van der Waals surface area contributed by atoms with Crippen LogP contribution in [0.3, 0.4) is 0 Å². The van der Waals surface area contributed by atoms with Gasteiger partial charge in [-0.1, -0.05) is 146 Å². The third kappa shape index (κ3) is 4.95. The average molecular weight is 574 g/mol.